The van der Waals surface area contributed by atoms with E-state index in [0.29, 0.717) is 6.54 Å². The van der Waals surface area contributed by atoms with Gasteiger partial charge in [-0.25, -0.2) is 0 Å². The van der Waals surface area contributed by atoms with Crippen molar-refractivity contribution in [3.8, 4) is 0 Å². The van der Waals surface area contributed by atoms with Gasteiger partial charge in [0.25, 0.3) is 0 Å². The summed E-state index contributed by atoms with van der Waals surface area (Å²) in [5.74, 6) is 0. The van der Waals surface area contributed by atoms with Crippen molar-refractivity contribution in [1.82, 2.24) is 9.78 Å². The summed E-state index contributed by atoms with van der Waals surface area (Å²) in [6.45, 7) is 2.79. The van der Waals surface area contributed by atoms with E-state index in [1.54, 1.807) is 4.68 Å². The lowest BCUT2D eigenvalue weighted by atomic mass is 10.1. The Morgan fingerprint density at radius 2 is 2.23 bits per heavy atom. The zero-order chi connectivity index (χ0) is 9.84. The van der Waals surface area contributed by atoms with Crippen molar-refractivity contribution in [3.63, 3.8) is 0 Å². The van der Waals surface area contributed by atoms with Gasteiger partial charge in [-0.3, -0.25) is 4.68 Å². The molecule has 0 aliphatic heterocycles. The Kier molecular flexibility index (Phi) is 3.75. The molecule has 1 rings (SSSR count). The monoisotopic (exact) mass is 201 g/mol. The standard InChI is InChI=1S/C9H16ClN3/c1-3-8-7(5-4-6-11)9(10)13(2)12-8/h3-6,11H2,1-2H3. The highest BCUT2D eigenvalue weighted by molar-refractivity contribution is 6.30. The van der Waals surface area contributed by atoms with Crippen molar-refractivity contribution < 1.29 is 0 Å². The Morgan fingerprint density at radius 3 is 2.77 bits per heavy atom. The summed E-state index contributed by atoms with van der Waals surface area (Å²) in [4.78, 5) is 0. The van der Waals surface area contributed by atoms with E-state index >= 15 is 0 Å². The normalized spacial score (nSPS) is 10.8. The molecule has 0 aliphatic rings. The Hall–Kier alpha value is -0.540. The largest absolute Gasteiger partial charge is 0.330 e. The average Bonchev–Trinajstić information content (AvgIpc) is 2.40. The van der Waals surface area contributed by atoms with E-state index in [0.717, 1.165) is 35.7 Å². The van der Waals surface area contributed by atoms with Crippen LogP contribution < -0.4 is 5.73 Å². The summed E-state index contributed by atoms with van der Waals surface area (Å²) < 4.78 is 1.73. The van der Waals surface area contributed by atoms with Crippen molar-refractivity contribution in [2.24, 2.45) is 12.8 Å². The number of hydrogen-bond acceptors (Lipinski definition) is 2. The zero-order valence-corrected chi connectivity index (χ0v) is 8.93. The van der Waals surface area contributed by atoms with Gasteiger partial charge in [-0.2, -0.15) is 5.10 Å². The van der Waals surface area contributed by atoms with Crippen molar-refractivity contribution in [1.29, 1.82) is 0 Å². The first-order valence-electron chi connectivity index (χ1n) is 4.61. The van der Waals surface area contributed by atoms with Gasteiger partial charge in [-0.1, -0.05) is 18.5 Å². The lowest BCUT2D eigenvalue weighted by Gasteiger charge is -1.99. The molecule has 0 aliphatic carbocycles. The van der Waals surface area contributed by atoms with Gasteiger partial charge in [0.1, 0.15) is 5.15 Å². The summed E-state index contributed by atoms with van der Waals surface area (Å²) in [7, 11) is 1.87. The quantitative estimate of drug-likeness (QED) is 0.803. The second-order valence-electron chi connectivity index (χ2n) is 3.09. The summed E-state index contributed by atoms with van der Waals surface area (Å²) >= 11 is 6.09. The van der Waals surface area contributed by atoms with Gasteiger partial charge in [0, 0.05) is 12.6 Å². The van der Waals surface area contributed by atoms with E-state index in [2.05, 4.69) is 12.0 Å². The third kappa shape index (κ3) is 2.23. The summed E-state index contributed by atoms with van der Waals surface area (Å²) in [6, 6.07) is 0. The van der Waals surface area contributed by atoms with Crippen LogP contribution in [-0.4, -0.2) is 16.3 Å². The highest BCUT2D eigenvalue weighted by Crippen LogP contribution is 2.20. The van der Waals surface area contributed by atoms with Crippen LogP contribution in [0, 0.1) is 0 Å². The van der Waals surface area contributed by atoms with Crippen LogP contribution in [0.25, 0.3) is 0 Å². The molecule has 0 spiro atoms. The van der Waals surface area contributed by atoms with Crippen LogP contribution in [0.15, 0.2) is 0 Å². The Morgan fingerprint density at radius 1 is 1.54 bits per heavy atom. The minimum Gasteiger partial charge on any atom is -0.330 e. The third-order valence-electron chi connectivity index (χ3n) is 2.12. The summed E-state index contributed by atoms with van der Waals surface area (Å²) in [5.41, 5.74) is 7.72. The Labute approximate surface area is 83.9 Å². The van der Waals surface area contributed by atoms with Crippen LogP contribution in [0.4, 0.5) is 0 Å². The first-order chi connectivity index (χ1) is 6.20. The molecular formula is C9H16ClN3. The van der Waals surface area contributed by atoms with E-state index in [9.17, 15) is 0 Å². The number of nitrogens with zero attached hydrogens (tertiary/aromatic N) is 2. The van der Waals surface area contributed by atoms with Gasteiger partial charge in [-0.15, -0.1) is 0 Å². The molecule has 1 aromatic heterocycles. The van der Waals surface area contributed by atoms with Crippen LogP contribution in [0.1, 0.15) is 24.6 Å². The molecule has 3 nitrogen and oxygen atoms in total. The molecule has 13 heavy (non-hydrogen) atoms. The molecule has 0 saturated heterocycles. The summed E-state index contributed by atoms with van der Waals surface area (Å²) in [5, 5.41) is 5.08. The van der Waals surface area contributed by atoms with Crippen molar-refractivity contribution in [3.05, 3.63) is 16.4 Å². The number of rotatable bonds is 4. The smallest absolute Gasteiger partial charge is 0.130 e. The highest BCUT2D eigenvalue weighted by atomic mass is 35.5. The molecular weight excluding hydrogens is 186 g/mol. The molecule has 0 aromatic carbocycles. The molecule has 1 heterocycles. The van der Waals surface area contributed by atoms with Crippen LogP contribution in [0.2, 0.25) is 5.15 Å². The number of aryl methyl sites for hydroxylation is 2. The molecule has 0 amide bonds. The lowest BCUT2D eigenvalue weighted by molar-refractivity contribution is 0.747. The van der Waals surface area contributed by atoms with Crippen LogP contribution >= 0.6 is 11.6 Å². The molecule has 2 N–H and O–H groups in total. The van der Waals surface area contributed by atoms with Gasteiger partial charge in [-0.05, 0) is 25.8 Å². The molecule has 1 aromatic rings. The first kappa shape index (κ1) is 10.5. The third-order valence-corrected chi connectivity index (χ3v) is 2.59. The van der Waals surface area contributed by atoms with Crippen molar-refractivity contribution in [2.45, 2.75) is 26.2 Å². The van der Waals surface area contributed by atoms with Crippen molar-refractivity contribution in [2.75, 3.05) is 6.54 Å². The van der Waals surface area contributed by atoms with E-state index < -0.39 is 0 Å². The predicted molar refractivity (Wildman–Crippen MR) is 55.0 cm³/mol. The fraction of sp³-hybridized carbons (Fsp3) is 0.667. The van der Waals surface area contributed by atoms with Gasteiger partial charge >= 0.3 is 0 Å². The lowest BCUT2D eigenvalue weighted by Crippen LogP contribution is -2.01. The molecule has 0 unspecified atom stereocenters. The second kappa shape index (κ2) is 4.63. The highest BCUT2D eigenvalue weighted by Gasteiger charge is 2.11. The molecule has 74 valence electrons. The molecule has 0 radical (unpaired) electrons. The Balaban J connectivity index is 2.88. The maximum absolute atomic E-state index is 6.09. The minimum absolute atomic E-state index is 0.703. The molecule has 0 atom stereocenters. The summed E-state index contributed by atoms with van der Waals surface area (Å²) in [6.07, 6.45) is 2.84. The molecule has 0 saturated carbocycles. The molecule has 4 heteroatoms. The topological polar surface area (TPSA) is 43.8 Å². The van der Waals surface area contributed by atoms with Gasteiger partial charge in [0.05, 0.1) is 5.69 Å². The first-order valence-corrected chi connectivity index (χ1v) is 4.98. The molecule has 0 bridgehead atoms. The fourth-order valence-corrected chi connectivity index (χ4v) is 1.65. The minimum atomic E-state index is 0.703. The van der Waals surface area contributed by atoms with Gasteiger partial charge < -0.3 is 5.73 Å². The predicted octanol–water partition coefficient (Wildman–Crippen LogP) is 1.53. The van der Waals surface area contributed by atoms with E-state index in [4.69, 9.17) is 17.3 Å². The molecule has 0 fully saturated rings. The number of nitrogens with two attached hydrogens (primary N) is 1. The maximum Gasteiger partial charge on any atom is 0.130 e. The van der Waals surface area contributed by atoms with E-state index in [-0.39, 0.29) is 0 Å². The van der Waals surface area contributed by atoms with Gasteiger partial charge in [0.15, 0.2) is 0 Å². The number of aromatic nitrogens is 2. The maximum atomic E-state index is 6.09. The Bertz CT molecular complexity index is 281. The zero-order valence-electron chi connectivity index (χ0n) is 8.18. The average molecular weight is 202 g/mol. The fourth-order valence-electron chi connectivity index (χ4n) is 1.41. The van der Waals surface area contributed by atoms with Crippen LogP contribution in [-0.2, 0) is 19.9 Å². The number of halogens is 1. The van der Waals surface area contributed by atoms with E-state index in [1.807, 2.05) is 7.05 Å². The number of hydrogen-bond donors (Lipinski definition) is 1. The second-order valence-corrected chi connectivity index (χ2v) is 3.44. The van der Waals surface area contributed by atoms with E-state index in [1.165, 1.54) is 0 Å². The van der Waals surface area contributed by atoms with Gasteiger partial charge in [0.2, 0.25) is 0 Å². The van der Waals surface area contributed by atoms with Crippen molar-refractivity contribution >= 4 is 11.6 Å². The SMILES string of the molecule is CCc1nn(C)c(Cl)c1CCCN. The van der Waals surface area contributed by atoms with Crippen LogP contribution in [0.3, 0.4) is 0 Å². The van der Waals surface area contributed by atoms with Crippen LogP contribution in [0.5, 0.6) is 0 Å².